The summed E-state index contributed by atoms with van der Waals surface area (Å²) in [6.07, 6.45) is 2.98. The van der Waals surface area contributed by atoms with Gasteiger partial charge in [0.1, 0.15) is 11.9 Å². The van der Waals surface area contributed by atoms with Gasteiger partial charge in [-0.2, -0.15) is 5.26 Å². The number of imidazole rings is 1. The molecule has 2 heterocycles. The lowest BCUT2D eigenvalue weighted by molar-refractivity contribution is 0.574. The third-order valence-corrected chi connectivity index (χ3v) is 5.48. The highest BCUT2D eigenvalue weighted by molar-refractivity contribution is 7.88. The lowest BCUT2D eigenvalue weighted by atomic mass is 9.95. The second-order valence-electron chi connectivity index (χ2n) is 6.98. The Morgan fingerprint density at radius 1 is 1.18 bits per heavy atom. The molecule has 0 saturated heterocycles. The lowest BCUT2D eigenvalue weighted by Crippen LogP contribution is -2.29. The standard InChI is InChI=1S/C20H19N5O2S/c1-11-8-12(2)18-14(6-7-22-18)17(11)19(25-28(3,26)27)20-23-15-5-4-13(10-21)9-16(15)24-20/h4-9,19,22,25H,1-3H3,(H,23,24). The molecule has 0 aliphatic heterocycles. The highest BCUT2D eigenvalue weighted by atomic mass is 32.2. The Labute approximate surface area is 162 Å². The van der Waals surface area contributed by atoms with Crippen LogP contribution < -0.4 is 4.72 Å². The molecule has 0 amide bonds. The fourth-order valence-corrected chi connectivity index (χ4v) is 4.35. The van der Waals surface area contributed by atoms with Crippen LogP contribution in [0.15, 0.2) is 36.5 Å². The van der Waals surface area contributed by atoms with E-state index in [-0.39, 0.29) is 0 Å². The summed E-state index contributed by atoms with van der Waals surface area (Å²) in [6.45, 7) is 3.97. The molecule has 4 aromatic rings. The molecular weight excluding hydrogens is 374 g/mol. The zero-order chi connectivity index (χ0) is 20.1. The Morgan fingerprint density at radius 2 is 1.96 bits per heavy atom. The minimum atomic E-state index is -3.52. The first-order valence-corrected chi connectivity index (χ1v) is 10.6. The van der Waals surface area contributed by atoms with E-state index < -0.39 is 16.1 Å². The van der Waals surface area contributed by atoms with Gasteiger partial charge in [0.2, 0.25) is 10.0 Å². The first kappa shape index (κ1) is 18.2. The van der Waals surface area contributed by atoms with Crippen molar-refractivity contribution in [1.82, 2.24) is 19.7 Å². The van der Waals surface area contributed by atoms with Crippen molar-refractivity contribution in [3.8, 4) is 6.07 Å². The van der Waals surface area contributed by atoms with Gasteiger partial charge in [-0.25, -0.2) is 18.1 Å². The van der Waals surface area contributed by atoms with Crippen LogP contribution in [0.25, 0.3) is 21.9 Å². The summed E-state index contributed by atoms with van der Waals surface area (Å²) < 4.78 is 27.0. The maximum Gasteiger partial charge on any atom is 0.209 e. The van der Waals surface area contributed by atoms with Gasteiger partial charge < -0.3 is 9.97 Å². The monoisotopic (exact) mass is 393 g/mol. The number of H-pyrrole nitrogens is 2. The van der Waals surface area contributed by atoms with Gasteiger partial charge in [0.25, 0.3) is 0 Å². The Kier molecular flexibility index (Phi) is 4.22. The third-order valence-electron chi connectivity index (χ3n) is 4.81. The summed E-state index contributed by atoms with van der Waals surface area (Å²) in [5, 5.41) is 10.1. The molecular formula is C20H19N5O2S. The van der Waals surface area contributed by atoms with Gasteiger partial charge in [0.05, 0.1) is 28.9 Å². The van der Waals surface area contributed by atoms with Crippen LogP contribution >= 0.6 is 0 Å². The molecule has 1 unspecified atom stereocenters. The Bertz CT molecular complexity index is 1360. The number of benzene rings is 2. The summed E-state index contributed by atoms with van der Waals surface area (Å²) >= 11 is 0. The number of rotatable bonds is 4. The van der Waals surface area contributed by atoms with Crippen LogP contribution in [0.5, 0.6) is 0 Å². The number of hydrogen-bond donors (Lipinski definition) is 3. The number of fused-ring (bicyclic) bond motifs is 2. The minimum Gasteiger partial charge on any atom is -0.361 e. The van der Waals surface area contributed by atoms with Crippen molar-refractivity contribution in [2.75, 3.05) is 6.26 Å². The molecule has 0 saturated carbocycles. The van der Waals surface area contributed by atoms with Crippen molar-refractivity contribution >= 4 is 32.0 Å². The largest absolute Gasteiger partial charge is 0.361 e. The number of sulfonamides is 1. The summed E-state index contributed by atoms with van der Waals surface area (Å²) in [6, 6.07) is 10.5. The van der Waals surface area contributed by atoms with Crippen molar-refractivity contribution in [2.45, 2.75) is 19.9 Å². The van der Waals surface area contributed by atoms with Gasteiger partial charge >= 0.3 is 0 Å². The normalized spacial score (nSPS) is 13.1. The maximum atomic E-state index is 12.2. The van der Waals surface area contributed by atoms with Gasteiger partial charge in [0.15, 0.2) is 0 Å². The molecule has 3 N–H and O–H groups in total. The zero-order valence-corrected chi connectivity index (χ0v) is 16.5. The quantitative estimate of drug-likeness (QED) is 0.494. The molecule has 1 atom stereocenters. The van der Waals surface area contributed by atoms with Gasteiger partial charge in [-0.05, 0) is 54.8 Å². The number of nitrogens with zero attached hydrogens (tertiary/aromatic N) is 2. The first-order valence-electron chi connectivity index (χ1n) is 8.71. The Balaban J connectivity index is 1.98. The predicted octanol–water partition coefficient (Wildman–Crippen LogP) is 3.17. The van der Waals surface area contributed by atoms with Crippen molar-refractivity contribution in [1.29, 1.82) is 5.26 Å². The number of aromatic nitrogens is 3. The van der Waals surface area contributed by atoms with Crippen LogP contribution in [0, 0.1) is 25.2 Å². The van der Waals surface area contributed by atoms with Crippen molar-refractivity contribution in [2.24, 2.45) is 0 Å². The van der Waals surface area contributed by atoms with Crippen LogP contribution in [0.3, 0.4) is 0 Å². The lowest BCUT2D eigenvalue weighted by Gasteiger charge is -2.20. The van der Waals surface area contributed by atoms with Crippen molar-refractivity contribution in [3.05, 3.63) is 64.6 Å². The molecule has 0 aliphatic rings. The van der Waals surface area contributed by atoms with E-state index in [1.807, 2.05) is 32.2 Å². The molecule has 8 heteroatoms. The predicted molar refractivity (Wildman–Crippen MR) is 108 cm³/mol. The van der Waals surface area contributed by atoms with Crippen molar-refractivity contribution < 1.29 is 8.42 Å². The van der Waals surface area contributed by atoms with Crippen molar-refractivity contribution in [3.63, 3.8) is 0 Å². The fourth-order valence-electron chi connectivity index (χ4n) is 3.69. The molecule has 28 heavy (non-hydrogen) atoms. The molecule has 0 radical (unpaired) electrons. The average Bonchev–Trinajstić information content (AvgIpc) is 3.26. The minimum absolute atomic E-state index is 0.477. The van der Waals surface area contributed by atoms with Crippen LogP contribution in [-0.2, 0) is 10.0 Å². The van der Waals surface area contributed by atoms with Gasteiger partial charge in [-0.3, -0.25) is 0 Å². The van der Waals surface area contributed by atoms with E-state index in [0.717, 1.165) is 33.8 Å². The van der Waals surface area contributed by atoms with E-state index in [9.17, 15) is 8.42 Å². The molecule has 7 nitrogen and oxygen atoms in total. The van der Waals surface area contributed by atoms with E-state index in [4.69, 9.17) is 5.26 Å². The maximum absolute atomic E-state index is 12.2. The second-order valence-corrected chi connectivity index (χ2v) is 8.76. The highest BCUT2D eigenvalue weighted by Gasteiger charge is 2.26. The smallest absolute Gasteiger partial charge is 0.209 e. The molecule has 142 valence electrons. The number of aryl methyl sites for hydroxylation is 2. The van der Waals surface area contributed by atoms with E-state index in [2.05, 4.69) is 25.7 Å². The molecule has 4 rings (SSSR count). The summed E-state index contributed by atoms with van der Waals surface area (Å²) in [4.78, 5) is 11.0. The van der Waals surface area contributed by atoms with E-state index in [1.54, 1.807) is 18.2 Å². The second kappa shape index (κ2) is 6.48. The third kappa shape index (κ3) is 3.15. The first-order chi connectivity index (χ1) is 13.3. The topological polar surface area (TPSA) is 114 Å². The number of hydrogen-bond acceptors (Lipinski definition) is 4. The van der Waals surface area contributed by atoms with E-state index in [0.29, 0.717) is 22.4 Å². The Morgan fingerprint density at radius 3 is 2.68 bits per heavy atom. The van der Waals surface area contributed by atoms with E-state index >= 15 is 0 Å². The van der Waals surface area contributed by atoms with Crippen LogP contribution in [0.2, 0.25) is 0 Å². The van der Waals surface area contributed by atoms with Crippen LogP contribution in [0.1, 0.15) is 34.1 Å². The number of aromatic amines is 2. The summed E-state index contributed by atoms with van der Waals surface area (Å²) in [5.41, 5.74) is 5.71. The molecule has 2 aromatic heterocycles. The zero-order valence-electron chi connectivity index (χ0n) is 15.7. The Hall–Kier alpha value is -3.15. The SMILES string of the molecule is Cc1cc(C)c2[nH]ccc2c1C(NS(C)(=O)=O)c1nc2ccc(C#N)cc2[nH]1. The van der Waals surface area contributed by atoms with Gasteiger partial charge in [-0.15, -0.1) is 0 Å². The van der Waals surface area contributed by atoms with Crippen LogP contribution in [-0.4, -0.2) is 29.6 Å². The molecule has 2 aromatic carbocycles. The highest BCUT2D eigenvalue weighted by Crippen LogP contribution is 2.33. The fraction of sp³-hybridized carbons (Fsp3) is 0.200. The molecule has 0 bridgehead atoms. The number of nitrogens with one attached hydrogen (secondary N) is 3. The van der Waals surface area contributed by atoms with Crippen LogP contribution in [0.4, 0.5) is 0 Å². The molecule has 0 aliphatic carbocycles. The number of nitriles is 1. The summed E-state index contributed by atoms with van der Waals surface area (Å²) in [5.74, 6) is 0.477. The molecule has 0 spiro atoms. The summed E-state index contributed by atoms with van der Waals surface area (Å²) in [7, 11) is -3.52. The van der Waals surface area contributed by atoms with Gasteiger partial charge in [-0.1, -0.05) is 6.07 Å². The van der Waals surface area contributed by atoms with Gasteiger partial charge in [0, 0.05) is 17.1 Å². The molecule has 0 fully saturated rings. The van der Waals surface area contributed by atoms with E-state index in [1.165, 1.54) is 0 Å². The average molecular weight is 393 g/mol.